The highest BCUT2D eigenvalue weighted by atomic mass is 16.6. The first-order valence-electron chi connectivity index (χ1n) is 4.45. The Morgan fingerprint density at radius 3 is 2.93 bits per heavy atom. The van der Waals surface area contributed by atoms with Gasteiger partial charge >= 0.3 is 6.03 Å². The lowest BCUT2D eigenvalue weighted by atomic mass is 10.1. The molecule has 0 saturated carbocycles. The van der Waals surface area contributed by atoms with Gasteiger partial charge in [-0.25, -0.2) is 10.3 Å². The average molecular weight is 194 g/mol. The summed E-state index contributed by atoms with van der Waals surface area (Å²) in [5.41, 5.74) is 4.13. The Morgan fingerprint density at radius 2 is 2.29 bits per heavy atom. The van der Waals surface area contributed by atoms with E-state index < -0.39 is 0 Å². The third kappa shape index (κ3) is 3.06. The molecule has 0 radical (unpaired) electrons. The molecule has 0 aliphatic carbocycles. The van der Waals surface area contributed by atoms with Crippen molar-refractivity contribution in [1.82, 2.24) is 5.48 Å². The SMILES string of the molecule is CCc1cccc(NC(=O)NOC)c1. The zero-order valence-electron chi connectivity index (χ0n) is 8.33. The summed E-state index contributed by atoms with van der Waals surface area (Å²) >= 11 is 0. The normalized spacial score (nSPS) is 9.57. The Kier molecular flexibility index (Phi) is 3.94. The van der Waals surface area contributed by atoms with E-state index in [1.165, 1.54) is 12.7 Å². The number of carbonyl (C=O) groups is 1. The van der Waals surface area contributed by atoms with Gasteiger partial charge in [0, 0.05) is 5.69 Å². The Balaban J connectivity index is 2.62. The Labute approximate surface area is 83.2 Å². The summed E-state index contributed by atoms with van der Waals surface area (Å²) in [6.45, 7) is 2.06. The van der Waals surface area contributed by atoms with E-state index in [-0.39, 0.29) is 6.03 Å². The van der Waals surface area contributed by atoms with Crippen LogP contribution in [0.1, 0.15) is 12.5 Å². The third-order valence-corrected chi connectivity index (χ3v) is 1.79. The van der Waals surface area contributed by atoms with Crippen molar-refractivity contribution < 1.29 is 9.63 Å². The molecule has 0 aromatic heterocycles. The monoisotopic (exact) mass is 194 g/mol. The van der Waals surface area contributed by atoms with Crippen LogP contribution in [-0.4, -0.2) is 13.1 Å². The molecule has 1 rings (SSSR count). The molecule has 1 aromatic rings. The third-order valence-electron chi connectivity index (χ3n) is 1.79. The first-order chi connectivity index (χ1) is 6.76. The Bertz CT molecular complexity index is 313. The number of nitrogens with one attached hydrogen (secondary N) is 2. The fraction of sp³-hybridized carbons (Fsp3) is 0.300. The molecule has 0 spiro atoms. The molecule has 0 unspecified atom stereocenters. The van der Waals surface area contributed by atoms with E-state index in [4.69, 9.17) is 0 Å². The molecular formula is C10H14N2O2. The van der Waals surface area contributed by atoms with E-state index in [1.54, 1.807) is 0 Å². The van der Waals surface area contributed by atoms with Crippen LogP contribution in [0.5, 0.6) is 0 Å². The first kappa shape index (κ1) is 10.5. The predicted octanol–water partition coefficient (Wildman–Crippen LogP) is 1.93. The number of amides is 2. The second-order valence-electron chi connectivity index (χ2n) is 2.81. The highest BCUT2D eigenvalue weighted by Crippen LogP contribution is 2.10. The van der Waals surface area contributed by atoms with Gasteiger partial charge in [-0.2, -0.15) is 0 Å². The maximum Gasteiger partial charge on any atom is 0.343 e. The first-order valence-corrected chi connectivity index (χ1v) is 4.45. The van der Waals surface area contributed by atoms with Gasteiger partial charge in [-0.05, 0) is 24.1 Å². The number of hydrogen-bond donors (Lipinski definition) is 2. The summed E-state index contributed by atoms with van der Waals surface area (Å²) in [5.74, 6) is 0. The summed E-state index contributed by atoms with van der Waals surface area (Å²) < 4.78 is 0. The molecule has 4 heteroatoms. The van der Waals surface area contributed by atoms with Gasteiger partial charge in [0.1, 0.15) is 0 Å². The van der Waals surface area contributed by atoms with Crippen molar-refractivity contribution in [2.24, 2.45) is 0 Å². The predicted molar refractivity (Wildman–Crippen MR) is 55.0 cm³/mol. The summed E-state index contributed by atoms with van der Waals surface area (Å²) in [5, 5.41) is 2.64. The fourth-order valence-corrected chi connectivity index (χ4v) is 1.12. The minimum atomic E-state index is -0.374. The van der Waals surface area contributed by atoms with E-state index >= 15 is 0 Å². The van der Waals surface area contributed by atoms with Crippen molar-refractivity contribution in [3.8, 4) is 0 Å². The molecule has 1 aromatic carbocycles. The fourth-order valence-electron chi connectivity index (χ4n) is 1.12. The van der Waals surface area contributed by atoms with Crippen LogP contribution in [-0.2, 0) is 11.3 Å². The molecule has 0 fully saturated rings. The van der Waals surface area contributed by atoms with Gasteiger partial charge in [0.2, 0.25) is 0 Å². The van der Waals surface area contributed by atoms with Crippen LogP contribution in [0.4, 0.5) is 10.5 Å². The zero-order chi connectivity index (χ0) is 10.4. The maximum atomic E-state index is 11.1. The van der Waals surface area contributed by atoms with Crippen LogP contribution in [0, 0.1) is 0 Å². The number of benzene rings is 1. The van der Waals surface area contributed by atoms with Gasteiger partial charge in [0.05, 0.1) is 7.11 Å². The summed E-state index contributed by atoms with van der Waals surface area (Å²) in [7, 11) is 1.39. The van der Waals surface area contributed by atoms with Crippen LogP contribution >= 0.6 is 0 Å². The highest BCUT2D eigenvalue weighted by molar-refractivity contribution is 5.88. The van der Waals surface area contributed by atoms with Crippen molar-refractivity contribution >= 4 is 11.7 Å². The second-order valence-corrected chi connectivity index (χ2v) is 2.81. The van der Waals surface area contributed by atoms with Crippen molar-refractivity contribution in [2.45, 2.75) is 13.3 Å². The minimum Gasteiger partial charge on any atom is -0.306 e. The topological polar surface area (TPSA) is 50.4 Å². The smallest absolute Gasteiger partial charge is 0.306 e. The van der Waals surface area contributed by atoms with E-state index in [9.17, 15) is 4.79 Å². The lowest BCUT2D eigenvalue weighted by molar-refractivity contribution is 0.114. The molecule has 14 heavy (non-hydrogen) atoms. The summed E-state index contributed by atoms with van der Waals surface area (Å²) in [4.78, 5) is 15.5. The van der Waals surface area contributed by atoms with E-state index in [1.807, 2.05) is 24.3 Å². The zero-order valence-corrected chi connectivity index (χ0v) is 8.33. The summed E-state index contributed by atoms with van der Waals surface area (Å²) in [6.07, 6.45) is 0.946. The number of hydroxylamine groups is 1. The lowest BCUT2D eigenvalue weighted by Gasteiger charge is -2.06. The standard InChI is InChI=1S/C10H14N2O2/c1-3-8-5-4-6-9(7-8)11-10(13)12-14-2/h4-7H,3H2,1-2H3,(H2,11,12,13). The van der Waals surface area contributed by atoms with Crippen molar-refractivity contribution in [3.05, 3.63) is 29.8 Å². The molecule has 0 saturated heterocycles. The lowest BCUT2D eigenvalue weighted by Crippen LogP contribution is -2.27. The van der Waals surface area contributed by atoms with Gasteiger partial charge in [-0.1, -0.05) is 19.1 Å². The van der Waals surface area contributed by atoms with E-state index in [0.29, 0.717) is 0 Å². The molecule has 2 amide bonds. The van der Waals surface area contributed by atoms with Gasteiger partial charge < -0.3 is 5.32 Å². The number of urea groups is 1. The molecule has 0 bridgehead atoms. The number of aryl methyl sites for hydroxylation is 1. The van der Waals surface area contributed by atoms with Crippen molar-refractivity contribution in [3.63, 3.8) is 0 Å². The van der Waals surface area contributed by atoms with E-state index in [2.05, 4.69) is 22.6 Å². The highest BCUT2D eigenvalue weighted by Gasteiger charge is 1.99. The number of rotatable bonds is 3. The largest absolute Gasteiger partial charge is 0.343 e. The molecule has 2 N–H and O–H groups in total. The Hall–Kier alpha value is -1.55. The second kappa shape index (κ2) is 5.24. The molecule has 0 aliphatic rings. The van der Waals surface area contributed by atoms with Crippen LogP contribution in [0.2, 0.25) is 0 Å². The quantitative estimate of drug-likeness (QED) is 0.722. The number of anilines is 1. The van der Waals surface area contributed by atoms with Crippen LogP contribution in [0.15, 0.2) is 24.3 Å². The van der Waals surface area contributed by atoms with Crippen LogP contribution in [0.3, 0.4) is 0 Å². The maximum absolute atomic E-state index is 11.1. The van der Waals surface area contributed by atoms with Gasteiger partial charge in [-0.15, -0.1) is 0 Å². The molecular weight excluding hydrogens is 180 g/mol. The van der Waals surface area contributed by atoms with Crippen LogP contribution in [0.25, 0.3) is 0 Å². The molecule has 0 atom stereocenters. The molecule has 0 aliphatic heterocycles. The molecule has 76 valence electrons. The average Bonchev–Trinajstić information content (AvgIpc) is 2.18. The molecule has 4 nitrogen and oxygen atoms in total. The molecule has 0 heterocycles. The van der Waals surface area contributed by atoms with Crippen molar-refractivity contribution in [2.75, 3.05) is 12.4 Å². The van der Waals surface area contributed by atoms with Gasteiger partial charge in [0.15, 0.2) is 0 Å². The van der Waals surface area contributed by atoms with Gasteiger partial charge in [-0.3, -0.25) is 4.84 Å². The minimum absolute atomic E-state index is 0.374. The number of carbonyl (C=O) groups excluding carboxylic acids is 1. The summed E-state index contributed by atoms with van der Waals surface area (Å²) in [6, 6.07) is 7.30. The van der Waals surface area contributed by atoms with E-state index in [0.717, 1.165) is 12.1 Å². The Morgan fingerprint density at radius 1 is 1.50 bits per heavy atom. The van der Waals surface area contributed by atoms with Crippen molar-refractivity contribution in [1.29, 1.82) is 0 Å². The van der Waals surface area contributed by atoms with Crippen LogP contribution < -0.4 is 10.8 Å². The van der Waals surface area contributed by atoms with Gasteiger partial charge in [0.25, 0.3) is 0 Å². The number of hydrogen-bond acceptors (Lipinski definition) is 2.